The third-order valence-corrected chi connectivity index (χ3v) is 8.02. The molecule has 0 atom stereocenters. The Hall–Kier alpha value is -5.24. The highest BCUT2D eigenvalue weighted by Gasteiger charge is 2.36. The number of halogens is 4. The van der Waals surface area contributed by atoms with Crippen LogP contribution in [0.25, 0.3) is 10.9 Å². The predicted octanol–water partition coefficient (Wildman–Crippen LogP) is 6.35. The van der Waals surface area contributed by atoms with E-state index in [1.54, 1.807) is 53.6 Å². The fraction of sp³-hybridized carbons (Fsp3) is 0.294. The molecule has 49 heavy (non-hydrogen) atoms. The Balaban J connectivity index is 1.21. The van der Waals surface area contributed by atoms with Crippen molar-refractivity contribution in [2.75, 3.05) is 48.7 Å². The number of pyridine rings is 1. The van der Waals surface area contributed by atoms with Gasteiger partial charge in [-0.1, -0.05) is 6.07 Å². The van der Waals surface area contributed by atoms with Crippen LogP contribution in [-0.4, -0.2) is 61.9 Å². The number of benzene rings is 3. The molecule has 0 spiro atoms. The molecular formula is C34H33ClF3N5O6. The number of anilines is 3. The van der Waals surface area contributed by atoms with Crippen LogP contribution in [-0.2, 0) is 20.6 Å². The lowest BCUT2D eigenvalue weighted by Gasteiger charge is -2.35. The van der Waals surface area contributed by atoms with Gasteiger partial charge < -0.3 is 35.1 Å². The lowest BCUT2D eigenvalue weighted by Crippen LogP contribution is -2.45. The Labute approximate surface area is 284 Å². The molecule has 1 aliphatic rings. The van der Waals surface area contributed by atoms with Crippen molar-refractivity contribution in [1.82, 2.24) is 10.3 Å². The van der Waals surface area contributed by atoms with E-state index in [0.29, 0.717) is 52.4 Å². The average molecular weight is 700 g/mol. The molecule has 3 aromatic carbocycles. The number of rotatable bonds is 11. The number of nitrogens with zero attached hydrogens (tertiary/aromatic N) is 2. The van der Waals surface area contributed by atoms with E-state index < -0.39 is 30.0 Å². The molecular weight excluding hydrogens is 667 g/mol. The number of carbonyl (C=O) groups excluding carboxylic acids is 3. The second kappa shape index (κ2) is 15.3. The van der Waals surface area contributed by atoms with Crippen LogP contribution in [0.2, 0.25) is 0 Å². The van der Waals surface area contributed by atoms with E-state index in [1.165, 1.54) is 26.4 Å². The van der Waals surface area contributed by atoms with Gasteiger partial charge in [0, 0.05) is 59.9 Å². The molecule has 0 saturated carbocycles. The number of hydrogen-bond donors (Lipinski definition) is 3. The van der Waals surface area contributed by atoms with Gasteiger partial charge in [0.15, 0.2) is 11.5 Å². The maximum absolute atomic E-state index is 14.1. The molecule has 15 heteroatoms. The summed E-state index contributed by atoms with van der Waals surface area (Å²) in [5.41, 5.74) is -0.118. The Morgan fingerprint density at radius 3 is 2.20 bits per heavy atom. The van der Waals surface area contributed by atoms with Crippen molar-refractivity contribution in [3.63, 3.8) is 0 Å². The van der Waals surface area contributed by atoms with Gasteiger partial charge in [0.25, 0.3) is 0 Å². The summed E-state index contributed by atoms with van der Waals surface area (Å²) in [5, 5.41) is 8.41. The van der Waals surface area contributed by atoms with E-state index in [9.17, 15) is 27.6 Å². The lowest BCUT2D eigenvalue weighted by molar-refractivity contribution is -0.137. The third kappa shape index (κ3) is 8.82. The SMILES string of the molecule is COc1cc2nccc(Oc3cccc(NC(=O)CC(=O)Nc4ccc(N5CCC(NC(=O)CCl)CC5)c(C(F)(F)F)c4)c3)c2cc1OC. The summed E-state index contributed by atoms with van der Waals surface area (Å²) in [6, 6.07) is 14.9. The summed E-state index contributed by atoms with van der Waals surface area (Å²) >= 11 is 5.53. The molecule has 5 rings (SSSR count). The van der Waals surface area contributed by atoms with E-state index in [2.05, 4.69) is 20.9 Å². The molecule has 1 aliphatic heterocycles. The van der Waals surface area contributed by atoms with Crippen molar-refractivity contribution in [2.24, 2.45) is 0 Å². The first-order valence-corrected chi connectivity index (χ1v) is 15.7. The lowest BCUT2D eigenvalue weighted by atomic mass is 10.0. The van der Waals surface area contributed by atoms with Gasteiger partial charge in [0.1, 0.15) is 23.8 Å². The minimum atomic E-state index is -4.70. The maximum atomic E-state index is 14.1. The zero-order valence-electron chi connectivity index (χ0n) is 26.5. The van der Waals surface area contributed by atoms with E-state index in [1.807, 2.05) is 0 Å². The Morgan fingerprint density at radius 2 is 1.55 bits per heavy atom. The first kappa shape index (κ1) is 35.1. The van der Waals surface area contributed by atoms with Crippen LogP contribution in [0.4, 0.5) is 30.2 Å². The Kier molecular flexibility index (Phi) is 11.0. The fourth-order valence-corrected chi connectivity index (χ4v) is 5.58. The summed E-state index contributed by atoms with van der Waals surface area (Å²) in [4.78, 5) is 42.9. The maximum Gasteiger partial charge on any atom is 0.418 e. The van der Waals surface area contributed by atoms with Crippen LogP contribution in [0.5, 0.6) is 23.0 Å². The van der Waals surface area contributed by atoms with Crippen molar-refractivity contribution in [1.29, 1.82) is 0 Å². The number of methoxy groups -OCH3 is 2. The number of nitrogens with one attached hydrogen (secondary N) is 3. The highest BCUT2D eigenvalue weighted by atomic mass is 35.5. The number of piperidine rings is 1. The topological polar surface area (TPSA) is 131 Å². The summed E-state index contributed by atoms with van der Waals surface area (Å²) in [5.74, 6) is -0.142. The van der Waals surface area contributed by atoms with Crippen molar-refractivity contribution in [3.8, 4) is 23.0 Å². The van der Waals surface area contributed by atoms with Crippen LogP contribution in [0.15, 0.2) is 66.9 Å². The Bertz CT molecular complexity index is 1850. The first-order valence-electron chi connectivity index (χ1n) is 15.2. The van der Waals surface area contributed by atoms with Crippen molar-refractivity contribution in [3.05, 3.63) is 72.4 Å². The molecule has 4 aromatic rings. The summed E-state index contributed by atoms with van der Waals surface area (Å²) in [6.45, 7) is 0.578. The first-order chi connectivity index (χ1) is 23.5. The van der Waals surface area contributed by atoms with Crippen molar-refractivity contribution >= 4 is 57.3 Å². The van der Waals surface area contributed by atoms with Crippen LogP contribution in [0, 0.1) is 0 Å². The van der Waals surface area contributed by atoms with Crippen LogP contribution < -0.4 is 35.1 Å². The number of hydrogen-bond acceptors (Lipinski definition) is 8. The fourth-order valence-electron chi connectivity index (χ4n) is 5.50. The molecule has 1 aromatic heterocycles. The molecule has 2 heterocycles. The summed E-state index contributed by atoms with van der Waals surface area (Å²) < 4.78 is 59.1. The normalized spacial score (nSPS) is 13.5. The van der Waals surface area contributed by atoms with Gasteiger partial charge in [-0.15, -0.1) is 11.6 Å². The van der Waals surface area contributed by atoms with Gasteiger partial charge in [-0.3, -0.25) is 19.4 Å². The molecule has 0 unspecified atom stereocenters. The number of carbonyl (C=O) groups is 3. The minimum absolute atomic E-state index is 0.0360. The van der Waals surface area contributed by atoms with Gasteiger partial charge >= 0.3 is 6.18 Å². The average Bonchev–Trinajstić information content (AvgIpc) is 3.07. The smallest absolute Gasteiger partial charge is 0.418 e. The second-order valence-electron chi connectivity index (χ2n) is 11.1. The second-order valence-corrected chi connectivity index (χ2v) is 11.4. The highest BCUT2D eigenvalue weighted by Crippen LogP contribution is 2.40. The van der Waals surface area contributed by atoms with Crippen molar-refractivity contribution in [2.45, 2.75) is 31.5 Å². The molecule has 3 amide bonds. The number of amides is 3. The van der Waals surface area contributed by atoms with Gasteiger partial charge in [-0.05, 0) is 55.3 Å². The Morgan fingerprint density at radius 1 is 0.878 bits per heavy atom. The molecule has 1 fully saturated rings. The number of ether oxygens (including phenoxy) is 3. The molecule has 3 N–H and O–H groups in total. The highest BCUT2D eigenvalue weighted by molar-refractivity contribution is 6.27. The van der Waals surface area contributed by atoms with Gasteiger partial charge in [0.05, 0.1) is 25.3 Å². The quantitative estimate of drug-likeness (QED) is 0.122. The van der Waals surface area contributed by atoms with E-state index in [-0.39, 0.29) is 42.3 Å². The summed E-state index contributed by atoms with van der Waals surface area (Å²) in [6.07, 6.45) is -2.87. The van der Waals surface area contributed by atoms with Crippen LogP contribution in [0.3, 0.4) is 0 Å². The van der Waals surface area contributed by atoms with Gasteiger partial charge in [0.2, 0.25) is 17.7 Å². The number of alkyl halides is 4. The van der Waals surface area contributed by atoms with E-state index >= 15 is 0 Å². The standard InChI is InChI=1S/C34H33ClF3N5O6/c1-47-29-16-24-26(17-30(29)48-2)39-11-8-28(24)49-23-5-3-4-21(14-23)41-31(44)18-32(45)42-22-6-7-27(25(15-22)34(36,37)38)43-12-9-20(10-13-43)40-33(46)19-35/h3-8,11,14-17,20H,9-10,12-13,18-19H2,1-2H3,(H,40,46)(H,41,44)(H,42,45). The summed E-state index contributed by atoms with van der Waals surface area (Å²) in [7, 11) is 3.04. The van der Waals surface area contributed by atoms with E-state index in [4.69, 9.17) is 25.8 Å². The zero-order chi connectivity index (χ0) is 35.1. The van der Waals surface area contributed by atoms with Gasteiger partial charge in [-0.2, -0.15) is 13.2 Å². The molecule has 0 bridgehead atoms. The van der Waals surface area contributed by atoms with Gasteiger partial charge in [-0.25, -0.2) is 0 Å². The van der Waals surface area contributed by atoms with Crippen LogP contribution in [0.1, 0.15) is 24.8 Å². The number of fused-ring (bicyclic) bond motifs is 1. The third-order valence-electron chi connectivity index (χ3n) is 7.78. The number of aromatic nitrogens is 1. The molecule has 0 radical (unpaired) electrons. The zero-order valence-corrected chi connectivity index (χ0v) is 27.3. The van der Waals surface area contributed by atoms with E-state index in [0.717, 1.165) is 6.07 Å². The monoisotopic (exact) mass is 699 g/mol. The largest absolute Gasteiger partial charge is 0.493 e. The van der Waals surface area contributed by atoms with Crippen LogP contribution >= 0.6 is 11.6 Å². The molecule has 1 saturated heterocycles. The van der Waals surface area contributed by atoms with Crippen molar-refractivity contribution < 1.29 is 41.8 Å². The predicted molar refractivity (Wildman–Crippen MR) is 179 cm³/mol. The molecule has 0 aliphatic carbocycles. The molecule has 11 nitrogen and oxygen atoms in total. The minimum Gasteiger partial charge on any atom is -0.493 e. The molecule has 258 valence electrons.